The number of para-hydroxylation sites is 1. The number of aromatic nitrogens is 3. The molecule has 0 unspecified atom stereocenters. The smallest absolute Gasteiger partial charge is 0.234 e. The number of halogens is 1. The summed E-state index contributed by atoms with van der Waals surface area (Å²) in [4.78, 5) is 12.3. The van der Waals surface area contributed by atoms with Crippen LogP contribution in [0.2, 0.25) is 0 Å². The molecule has 0 radical (unpaired) electrons. The minimum Gasteiger partial charge on any atom is -0.446 e. The highest BCUT2D eigenvalue weighted by Crippen LogP contribution is 2.27. The Hall–Kier alpha value is -2.06. The molecule has 3 rings (SSSR count). The second-order valence-electron chi connectivity index (χ2n) is 5.50. The SMILES string of the molecule is CCc1ccccc1NC(=O)CSc1nnc(-c2ccc(Br)o2)n1CC. The molecule has 0 aliphatic carbocycles. The average molecular weight is 435 g/mol. The van der Waals surface area contributed by atoms with E-state index in [9.17, 15) is 4.79 Å². The van der Waals surface area contributed by atoms with Gasteiger partial charge in [-0.3, -0.25) is 9.36 Å². The van der Waals surface area contributed by atoms with Gasteiger partial charge in [0.25, 0.3) is 0 Å². The number of carbonyl (C=O) groups is 1. The third kappa shape index (κ3) is 4.19. The molecule has 8 heteroatoms. The molecular formula is C18H19BrN4O2S. The zero-order valence-electron chi connectivity index (χ0n) is 14.5. The van der Waals surface area contributed by atoms with Crippen LogP contribution in [0, 0.1) is 0 Å². The van der Waals surface area contributed by atoms with Gasteiger partial charge in [0.05, 0.1) is 5.75 Å². The van der Waals surface area contributed by atoms with Gasteiger partial charge in [-0.05, 0) is 53.0 Å². The third-order valence-electron chi connectivity index (χ3n) is 3.83. The molecule has 26 heavy (non-hydrogen) atoms. The summed E-state index contributed by atoms with van der Waals surface area (Å²) in [6, 6.07) is 11.5. The lowest BCUT2D eigenvalue weighted by atomic mass is 10.1. The van der Waals surface area contributed by atoms with Gasteiger partial charge in [0.1, 0.15) is 0 Å². The van der Waals surface area contributed by atoms with Crippen molar-refractivity contribution >= 4 is 39.3 Å². The molecule has 136 valence electrons. The van der Waals surface area contributed by atoms with E-state index >= 15 is 0 Å². The molecule has 1 aromatic carbocycles. The summed E-state index contributed by atoms with van der Waals surface area (Å²) >= 11 is 4.65. The van der Waals surface area contributed by atoms with E-state index in [1.54, 1.807) is 0 Å². The van der Waals surface area contributed by atoms with Crippen LogP contribution in [0.3, 0.4) is 0 Å². The second-order valence-corrected chi connectivity index (χ2v) is 7.23. The molecule has 2 heterocycles. The second kappa shape index (κ2) is 8.55. The molecule has 1 N–H and O–H groups in total. The van der Waals surface area contributed by atoms with Crippen molar-refractivity contribution < 1.29 is 9.21 Å². The van der Waals surface area contributed by atoms with Crippen LogP contribution in [-0.2, 0) is 17.8 Å². The van der Waals surface area contributed by atoms with Crippen LogP contribution in [-0.4, -0.2) is 26.4 Å². The fourth-order valence-corrected chi connectivity index (χ4v) is 3.67. The van der Waals surface area contributed by atoms with Crippen molar-refractivity contribution in [2.75, 3.05) is 11.1 Å². The van der Waals surface area contributed by atoms with E-state index in [0.717, 1.165) is 17.7 Å². The predicted octanol–water partition coefficient (Wildman–Crippen LogP) is 4.61. The van der Waals surface area contributed by atoms with Gasteiger partial charge in [-0.2, -0.15) is 0 Å². The van der Waals surface area contributed by atoms with Crippen LogP contribution < -0.4 is 5.32 Å². The molecule has 0 aliphatic rings. The number of aryl methyl sites for hydroxylation is 1. The van der Waals surface area contributed by atoms with Crippen LogP contribution in [0.5, 0.6) is 0 Å². The number of furan rings is 1. The summed E-state index contributed by atoms with van der Waals surface area (Å²) in [7, 11) is 0. The van der Waals surface area contributed by atoms with E-state index < -0.39 is 0 Å². The van der Waals surface area contributed by atoms with Crippen LogP contribution in [0.25, 0.3) is 11.6 Å². The Morgan fingerprint density at radius 2 is 2.04 bits per heavy atom. The predicted molar refractivity (Wildman–Crippen MR) is 106 cm³/mol. The zero-order valence-corrected chi connectivity index (χ0v) is 16.9. The summed E-state index contributed by atoms with van der Waals surface area (Å²) in [6.45, 7) is 4.76. The van der Waals surface area contributed by atoms with Crippen molar-refractivity contribution in [2.24, 2.45) is 0 Å². The van der Waals surface area contributed by atoms with E-state index in [4.69, 9.17) is 4.42 Å². The molecule has 6 nitrogen and oxygen atoms in total. The molecule has 0 fully saturated rings. The number of rotatable bonds is 7. The molecule has 2 aromatic heterocycles. The lowest BCUT2D eigenvalue weighted by Gasteiger charge is -2.09. The average Bonchev–Trinajstić information content (AvgIpc) is 3.25. The minimum absolute atomic E-state index is 0.0659. The van der Waals surface area contributed by atoms with Gasteiger partial charge < -0.3 is 9.73 Å². The Balaban J connectivity index is 1.68. The fourth-order valence-electron chi connectivity index (χ4n) is 2.56. The van der Waals surface area contributed by atoms with Crippen LogP contribution in [0.4, 0.5) is 5.69 Å². The first-order valence-corrected chi connectivity index (χ1v) is 10.1. The van der Waals surface area contributed by atoms with Gasteiger partial charge >= 0.3 is 0 Å². The number of hydrogen-bond donors (Lipinski definition) is 1. The summed E-state index contributed by atoms with van der Waals surface area (Å²) < 4.78 is 8.13. The minimum atomic E-state index is -0.0659. The summed E-state index contributed by atoms with van der Waals surface area (Å²) in [6.07, 6.45) is 0.871. The highest BCUT2D eigenvalue weighted by Gasteiger charge is 2.17. The first-order valence-electron chi connectivity index (χ1n) is 8.31. The van der Waals surface area contributed by atoms with Gasteiger partial charge in [0.15, 0.2) is 15.6 Å². The standard InChI is InChI=1S/C18H19BrN4O2S/c1-3-12-7-5-6-8-13(12)20-16(24)11-26-18-22-21-17(23(18)4-2)14-9-10-15(19)25-14/h5-10H,3-4,11H2,1-2H3,(H,20,24). The Labute approximate surface area is 164 Å². The largest absolute Gasteiger partial charge is 0.446 e. The Bertz CT molecular complexity index is 906. The number of carbonyl (C=O) groups excluding carboxylic acids is 1. The third-order valence-corrected chi connectivity index (χ3v) is 5.22. The molecule has 3 aromatic rings. The number of thioether (sulfide) groups is 1. The Morgan fingerprint density at radius 3 is 2.73 bits per heavy atom. The van der Waals surface area contributed by atoms with E-state index in [-0.39, 0.29) is 11.7 Å². The van der Waals surface area contributed by atoms with Crippen LogP contribution >= 0.6 is 27.7 Å². The van der Waals surface area contributed by atoms with Gasteiger partial charge in [0.2, 0.25) is 11.7 Å². The van der Waals surface area contributed by atoms with Crippen molar-refractivity contribution in [2.45, 2.75) is 32.0 Å². The van der Waals surface area contributed by atoms with E-state index in [1.807, 2.05) is 47.9 Å². The highest BCUT2D eigenvalue weighted by atomic mass is 79.9. The maximum Gasteiger partial charge on any atom is 0.234 e. The first-order chi connectivity index (χ1) is 12.6. The van der Waals surface area contributed by atoms with Crippen molar-refractivity contribution in [1.29, 1.82) is 0 Å². The van der Waals surface area contributed by atoms with E-state index in [0.29, 0.717) is 28.0 Å². The zero-order chi connectivity index (χ0) is 18.5. The molecule has 1 amide bonds. The lowest BCUT2D eigenvalue weighted by molar-refractivity contribution is -0.113. The normalized spacial score (nSPS) is 10.9. The maximum absolute atomic E-state index is 12.3. The molecule has 0 aliphatic heterocycles. The topological polar surface area (TPSA) is 73.0 Å². The monoisotopic (exact) mass is 434 g/mol. The molecule has 0 bridgehead atoms. The number of anilines is 1. The lowest BCUT2D eigenvalue weighted by Crippen LogP contribution is -2.15. The van der Waals surface area contributed by atoms with E-state index in [1.165, 1.54) is 11.8 Å². The van der Waals surface area contributed by atoms with Crippen LogP contribution in [0.15, 0.2) is 50.6 Å². The van der Waals surface area contributed by atoms with Crippen molar-refractivity contribution in [3.63, 3.8) is 0 Å². The Kier molecular flexibility index (Phi) is 6.16. The van der Waals surface area contributed by atoms with Gasteiger partial charge in [-0.25, -0.2) is 0 Å². The van der Waals surface area contributed by atoms with Crippen molar-refractivity contribution in [3.8, 4) is 11.6 Å². The molecular weight excluding hydrogens is 416 g/mol. The number of amides is 1. The van der Waals surface area contributed by atoms with Gasteiger partial charge in [-0.1, -0.05) is 36.9 Å². The van der Waals surface area contributed by atoms with Gasteiger partial charge in [-0.15, -0.1) is 10.2 Å². The van der Waals surface area contributed by atoms with Gasteiger partial charge in [0, 0.05) is 12.2 Å². The fraction of sp³-hybridized carbons (Fsp3) is 0.278. The maximum atomic E-state index is 12.3. The summed E-state index contributed by atoms with van der Waals surface area (Å²) in [5.41, 5.74) is 1.98. The first kappa shape index (κ1) is 18.7. The number of nitrogens with zero attached hydrogens (tertiary/aromatic N) is 3. The van der Waals surface area contributed by atoms with Crippen molar-refractivity contribution in [3.05, 3.63) is 46.6 Å². The molecule has 0 saturated carbocycles. The number of nitrogens with one attached hydrogen (secondary N) is 1. The van der Waals surface area contributed by atoms with E-state index in [2.05, 4.69) is 38.4 Å². The highest BCUT2D eigenvalue weighted by molar-refractivity contribution is 9.10. The molecule has 0 saturated heterocycles. The Morgan fingerprint density at radius 1 is 1.23 bits per heavy atom. The van der Waals surface area contributed by atoms with Crippen molar-refractivity contribution in [1.82, 2.24) is 14.8 Å². The number of hydrogen-bond acceptors (Lipinski definition) is 5. The summed E-state index contributed by atoms with van der Waals surface area (Å²) in [5, 5.41) is 12.1. The summed E-state index contributed by atoms with van der Waals surface area (Å²) in [5.74, 6) is 1.48. The van der Waals surface area contributed by atoms with Crippen LogP contribution in [0.1, 0.15) is 19.4 Å². The molecule has 0 atom stereocenters. The quantitative estimate of drug-likeness (QED) is 0.549. The molecule has 0 spiro atoms. The number of benzene rings is 1.